The van der Waals surface area contributed by atoms with E-state index in [1.54, 1.807) is 0 Å². The van der Waals surface area contributed by atoms with Crippen molar-refractivity contribution >= 4 is 11.7 Å². The molecular formula is C23H35N5O2. The number of carbonyl (C=O) groups excluding carboxylic acids is 1. The van der Waals surface area contributed by atoms with E-state index in [1.165, 1.54) is 0 Å². The van der Waals surface area contributed by atoms with Crippen LogP contribution in [0.25, 0.3) is 0 Å². The van der Waals surface area contributed by atoms with Crippen molar-refractivity contribution in [2.24, 2.45) is 5.92 Å². The molecule has 0 radical (unpaired) electrons. The van der Waals surface area contributed by atoms with Gasteiger partial charge in [0.25, 0.3) is 0 Å². The first-order chi connectivity index (χ1) is 14.4. The molecule has 1 aromatic carbocycles. The highest BCUT2D eigenvalue weighted by Gasteiger charge is 2.22. The van der Waals surface area contributed by atoms with Gasteiger partial charge in [-0.3, -0.25) is 9.58 Å². The summed E-state index contributed by atoms with van der Waals surface area (Å²) >= 11 is 0. The molecule has 7 nitrogen and oxygen atoms in total. The van der Waals surface area contributed by atoms with Crippen LogP contribution in [0.2, 0.25) is 0 Å². The van der Waals surface area contributed by atoms with Gasteiger partial charge in [0.15, 0.2) is 0 Å². The monoisotopic (exact) mass is 413 g/mol. The maximum atomic E-state index is 12.5. The lowest BCUT2D eigenvalue weighted by Crippen LogP contribution is -2.49. The average Bonchev–Trinajstić information content (AvgIpc) is 3.02. The molecule has 2 amide bonds. The second-order valence-corrected chi connectivity index (χ2v) is 8.55. The Kier molecular flexibility index (Phi) is 7.87. The van der Waals surface area contributed by atoms with Crippen molar-refractivity contribution in [3.8, 4) is 0 Å². The summed E-state index contributed by atoms with van der Waals surface area (Å²) in [5.41, 5.74) is 4.03. The molecule has 1 atom stereocenters. The predicted molar refractivity (Wildman–Crippen MR) is 120 cm³/mol. The standard InChI is InChI=1S/C23H35N5O2/c1-17(2)12-22(27-8-10-30-11-9-27)15-24-23(29)25-21-7-5-6-20(14-21)16-28-19(4)13-18(3)26-28/h5-7,13-14,17,22H,8-12,15-16H2,1-4H3,(H2,24,25,29). The second kappa shape index (κ2) is 10.6. The summed E-state index contributed by atoms with van der Waals surface area (Å²) in [7, 11) is 0. The molecule has 3 rings (SSSR count). The Bertz CT molecular complexity index is 827. The van der Waals surface area contributed by atoms with Gasteiger partial charge in [-0.25, -0.2) is 4.79 Å². The summed E-state index contributed by atoms with van der Waals surface area (Å²) in [5, 5.41) is 10.6. The molecule has 0 saturated carbocycles. The van der Waals surface area contributed by atoms with Gasteiger partial charge in [-0.15, -0.1) is 0 Å². The van der Waals surface area contributed by atoms with E-state index >= 15 is 0 Å². The van der Waals surface area contributed by atoms with E-state index in [4.69, 9.17) is 4.74 Å². The number of aryl methyl sites for hydroxylation is 2. The van der Waals surface area contributed by atoms with Crippen molar-refractivity contribution < 1.29 is 9.53 Å². The van der Waals surface area contributed by atoms with Crippen LogP contribution in [-0.4, -0.2) is 59.6 Å². The van der Waals surface area contributed by atoms with Crippen LogP contribution < -0.4 is 10.6 Å². The number of rotatable bonds is 8. The van der Waals surface area contributed by atoms with E-state index in [0.29, 0.717) is 25.0 Å². The van der Waals surface area contributed by atoms with Crippen LogP contribution in [-0.2, 0) is 11.3 Å². The Balaban J connectivity index is 1.55. The number of morpholine rings is 1. The fourth-order valence-electron chi connectivity index (χ4n) is 3.99. The molecule has 1 aliphatic rings. The smallest absolute Gasteiger partial charge is 0.319 e. The summed E-state index contributed by atoms with van der Waals surface area (Å²) in [5.74, 6) is 0.578. The topological polar surface area (TPSA) is 71.4 Å². The molecule has 0 bridgehead atoms. The predicted octanol–water partition coefficient (Wildman–Crippen LogP) is 3.42. The fraction of sp³-hybridized carbons (Fsp3) is 0.565. The molecular weight excluding hydrogens is 378 g/mol. The maximum Gasteiger partial charge on any atom is 0.319 e. The van der Waals surface area contributed by atoms with Gasteiger partial charge in [-0.05, 0) is 49.9 Å². The van der Waals surface area contributed by atoms with Crippen molar-refractivity contribution in [3.05, 3.63) is 47.3 Å². The number of nitrogens with zero attached hydrogens (tertiary/aromatic N) is 3. The van der Waals surface area contributed by atoms with Crippen LogP contribution in [0.1, 0.15) is 37.2 Å². The normalized spacial score (nSPS) is 15.9. The lowest BCUT2D eigenvalue weighted by molar-refractivity contribution is 0.0130. The Labute approximate surface area is 179 Å². The summed E-state index contributed by atoms with van der Waals surface area (Å²) in [4.78, 5) is 15.0. The maximum absolute atomic E-state index is 12.5. The number of urea groups is 1. The molecule has 0 aliphatic carbocycles. The molecule has 1 unspecified atom stereocenters. The minimum atomic E-state index is -0.166. The van der Waals surface area contributed by atoms with Gasteiger partial charge in [0, 0.05) is 37.1 Å². The molecule has 2 N–H and O–H groups in total. The van der Waals surface area contributed by atoms with Crippen molar-refractivity contribution in [1.29, 1.82) is 0 Å². The van der Waals surface area contributed by atoms with Gasteiger partial charge in [-0.2, -0.15) is 5.10 Å². The third-order valence-corrected chi connectivity index (χ3v) is 5.42. The first-order valence-electron chi connectivity index (χ1n) is 10.9. The first kappa shape index (κ1) is 22.3. The van der Waals surface area contributed by atoms with E-state index in [0.717, 1.165) is 55.4 Å². The van der Waals surface area contributed by atoms with Crippen molar-refractivity contribution in [2.45, 2.75) is 46.7 Å². The number of aromatic nitrogens is 2. The van der Waals surface area contributed by atoms with Gasteiger partial charge >= 0.3 is 6.03 Å². The number of anilines is 1. The zero-order chi connectivity index (χ0) is 21.5. The quantitative estimate of drug-likeness (QED) is 0.696. The van der Waals surface area contributed by atoms with Gasteiger partial charge in [0.05, 0.1) is 25.5 Å². The Morgan fingerprint density at radius 1 is 1.20 bits per heavy atom. The van der Waals surface area contributed by atoms with Crippen LogP contribution in [0.4, 0.5) is 10.5 Å². The molecule has 2 aromatic rings. The van der Waals surface area contributed by atoms with E-state index in [1.807, 2.05) is 29.8 Å². The van der Waals surface area contributed by atoms with Crippen LogP contribution >= 0.6 is 0 Å². The number of hydrogen-bond acceptors (Lipinski definition) is 4. The number of hydrogen-bond donors (Lipinski definition) is 2. The lowest BCUT2D eigenvalue weighted by Gasteiger charge is -2.35. The first-order valence-corrected chi connectivity index (χ1v) is 10.9. The zero-order valence-electron chi connectivity index (χ0n) is 18.6. The molecule has 0 spiro atoms. The summed E-state index contributed by atoms with van der Waals surface area (Å²) in [6.07, 6.45) is 1.05. The van der Waals surface area contributed by atoms with Gasteiger partial charge < -0.3 is 15.4 Å². The van der Waals surface area contributed by atoms with Crippen LogP contribution in [0.3, 0.4) is 0 Å². The van der Waals surface area contributed by atoms with Crippen molar-refractivity contribution in [3.63, 3.8) is 0 Å². The summed E-state index contributed by atoms with van der Waals surface area (Å²) in [6.45, 7) is 13.2. The van der Waals surface area contributed by atoms with E-state index in [9.17, 15) is 4.79 Å². The molecule has 1 saturated heterocycles. The van der Waals surface area contributed by atoms with Gasteiger partial charge in [0.1, 0.15) is 0 Å². The number of benzene rings is 1. The van der Waals surface area contributed by atoms with E-state index in [-0.39, 0.29) is 6.03 Å². The zero-order valence-corrected chi connectivity index (χ0v) is 18.6. The highest BCUT2D eigenvalue weighted by Crippen LogP contribution is 2.15. The van der Waals surface area contributed by atoms with Gasteiger partial charge in [0.2, 0.25) is 0 Å². The van der Waals surface area contributed by atoms with Crippen LogP contribution in [0, 0.1) is 19.8 Å². The number of carbonyl (C=O) groups is 1. The summed E-state index contributed by atoms with van der Waals surface area (Å²) < 4.78 is 7.45. The molecule has 7 heteroatoms. The van der Waals surface area contributed by atoms with Crippen molar-refractivity contribution in [2.75, 3.05) is 38.2 Å². The largest absolute Gasteiger partial charge is 0.379 e. The van der Waals surface area contributed by atoms with E-state index < -0.39 is 0 Å². The molecule has 30 heavy (non-hydrogen) atoms. The third-order valence-electron chi connectivity index (χ3n) is 5.42. The Morgan fingerprint density at radius 2 is 1.97 bits per heavy atom. The lowest BCUT2D eigenvalue weighted by atomic mass is 10.0. The molecule has 1 aromatic heterocycles. The third kappa shape index (κ3) is 6.57. The van der Waals surface area contributed by atoms with Crippen LogP contribution in [0.5, 0.6) is 0 Å². The minimum absolute atomic E-state index is 0.166. The van der Waals surface area contributed by atoms with E-state index in [2.05, 4.69) is 53.5 Å². The number of ether oxygens (including phenoxy) is 1. The van der Waals surface area contributed by atoms with Crippen LogP contribution in [0.15, 0.2) is 30.3 Å². The SMILES string of the molecule is Cc1cc(C)n(Cc2cccc(NC(=O)NCC(CC(C)C)N3CCOCC3)c2)n1. The Morgan fingerprint density at radius 3 is 2.63 bits per heavy atom. The minimum Gasteiger partial charge on any atom is -0.379 e. The molecule has 1 aliphatic heterocycles. The molecule has 164 valence electrons. The highest BCUT2D eigenvalue weighted by molar-refractivity contribution is 5.89. The average molecular weight is 414 g/mol. The number of amides is 2. The number of nitrogens with one attached hydrogen (secondary N) is 2. The Hall–Kier alpha value is -2.38. The van der Waals surface area contributed by atoms with Crippen molar-refractivity contribution in [1.82, 2.24) is 20.0 Å². The summed E-state index contributed by atoms with van der Waals surface area (Å²) in [6, 6.07) is 10.2. The molecule has 1 fully saturated rings. The second-order valence-electron chi connectivity index (χ2n) is 8.55. The fourth-order valence-corrected chi connectivity index (χ4v) is 3.99. The van der Waals surface area contributed by atoms with Gasteiger partial charge in [-0.1, -0.05) is 26.0 Å². The molecule has 2 heterocycles. The highest BCUT2D eigenvalue weighted by atomic mass is 16.5.